The van der Waals surface area contributed by atoms with E-state index >= 15 is 0 Å². The number of hydrogen-bond acceptors (Lipinski definition) is 2. The van der Waals surface area contributed by atoms with Crippen molar-refractivity contribution in [3.63, 3.8) is 0 Å². The summed E-state index contributed by atoms with van der Waals surface area (Å²) in [5, 5.41) is 0. The van der Waals surface area contributed by atoms with Gasteiger partial charge in [-0.2, -0.15) is 0 Å². The fourth-order valence-corrected chi connectivity index (χ4v) is 20.0. The smallest absolute Gasteiger partial charge is 0.252 e. The van der Waals surface area contributed by atoms with E-state index in [2.05, 4.69) is 234 Å². The van der Waals surface area contributed by atoms with E-state index < -0.39 is 0 Å². The van der Waals surface area contributed by atoms with Crippen molar-refractivity contribution in [3.8, 4) is 11.1 Å². The van der Waals surface area contributed by atoms with E-state index in [1.54, 1.807) is 0 Å². The van der Waals surface area contributed by atoms with E-state index in [0.29, 0.717) is 17.8 Å². The molecule has 3 saturated carbocycles. The number of nitrogens with zero attached hydrogens (tertiary/aromatic N) is 2. The predicted molar refractivity (Wildman–Crippen MR) is 423 cm³/mol. The number of allylic oxidation sites excluding steroid dienone is 27. The van der Waals surface area contributed by atoms with Gasteiger partial charge in [0.25, 0.3) is 6.71 Å². The predicted octanol–water partition coefficient (Wildman–Crippen LogP) is 24.9. The van der Waals surface area contributed by atoms with Gasteiger partial charge in [0.15, 0.2) is 0 Å². The Bertz CT molecular complexity index is 4640. The minimum absolute atomic E-state index is 0.0151. The van der Waals surface area contributed by atoms with Crippen molar-refractivity contribution in [2.45, 2.75) is 198 Å². The molecule has 6 aromatic carbocycles. The molecule has 0 N–H and O–H groups in total. The Kier molecular flexibility index (Phi) is 17.6. The minimum Gasteiger partial charge on any atom is -0.311 e. The maximum atomic E-state index is 2.98. The Morgan fingerprint density at radius 1 is 0.374 bits per heavy atom. The molecule has 0 spiro atoms. The lowest BCUT2D eigenvalue weighted by atomic mass is 9.33. The highest BCUT2D eigenvalue weighted by atomic mass is 15.2. The van der Waals surface area contributed by atoms with Crippen LogP contribution in [-0.4, -0.2) is 6.71 Å². The van der Waals surface area contributed by atoms with Crippen LogP contribution >= 0.6 is 0 Å². The van der Waals surface area contributed by atoms with E-state index in [9.17, 15) is 0 Å². The molecule has 0 aromatic heterocycles. The summed E-state index contributed by atoms with van der Waals surface area (Å²) in [7, 11) is 0. The van der Waals surface area contributed by atoms with Crippen LogP contribution < -0.4 is 26.2 Å². The molecule has 3 heteroatoms. The normalized spacial score (nSPS) is 21.9. The van der Waals surface area contributed by atoms with Gasteiger partial charge in [0, 0.05) is 39.8 Å². The maximum Gasteiger partial charge on any atom is 0.252 e. The molecule has 0 saturated heterocycles. The molecule has 2 nitrogen and oxygen atoms in total. The van der Waals surface area contributed by atoms with E-state index in [4.69, 9.17) is 0 Å². The van der Waals surface area contributed by atoms with Gasteiger partial charge in [0.2, 0.25) is 0 Å². The molecule has 0 radical (unpaired) electrons. The first-order chi connectivity index (χ1) is 49.1. The summed E-state index contributed by atoms with van der Waals surface area (Å²) < 4.78 is 0. The molecule has 18 rings (SSSR count). The van der Waals surface area contributed by atoms with Crippen LogP contribution in [0, 0.1) is 5.92 Å². The lowest BCUT2D eigenvalue weighted by Crippen LogP contribution is -2.62. The molecule has 2 heterocycles. The van der Waals surface area contributed by atoms with Gasteiger partial charge in [-0.3, -0.25) is 0 Å². The average Bonchev–Trinajstić information content (AvgIpc) is 0.688. The standard InChI is InChI=1S/C96H97BN2/c1-8-28-66(29-9-1)73-42-22-46-79(58-73)84-50-26-51-85(80-47-23-43-74(59-80)67-30-10-2-11-31-67)95(84)98-90-62-77(70-36-16-5-17-37-70)54-56-88(90)97-89-57-55-78(71-38-18-6-19-39-71)63-91(89)99(93-65-83(64-92(98)94(93)97)72-40-20-7-21-41-72)96-86(81-48-24-44-75(60-81)68-32-12-3-13-33-68)52-27-53-87(96)82-49-25-45-76(61-82)69-34-14-4-15-35-69/h1-3,8-10,12,14,22-23,27-30,32,34-35,42-43,45-48,51-58,60-65,70-72,80H,4-7,11,13,15-21,24-26,31,33,36-41,44,49-50,59H2. The average molecular weight is 1290 g/mol. The third-order valence-electron chi connectivity index (χ3n) is 25.0. The third-order valence-corrected chi connectivity index (χ3v) is 25.0. The zero-order chi connectivity index (χ0) is 65.6. The van der Waals surface area contributed by atoms with Crippen molar-refractivity contribution >= 4 is 68.3 Å². The van der Waals surface area contributed by atoms with Crippen molar-refractivity contribution in [1.82, 2.24) is 0 Å². The van der Waals surface area contributed by atoms with Crippen molar-refractivity contribution in [2.75, 3.05) is 9.80 Å². The van der Waals surface area contributed by atoms with Crippen LogP contribution in [-0.2, 0) is 0 Å². The molecule has 6 aromatic rings. The quantitative estimate of drug-likeness (QED) is 0.106. The van der Waals surface area contributed by atoms with Gasteiger partial charge in [0.05, 0.1) is 11.4 Å². The van der Waals surface area contributed by atoms with Crippen LogP contribution in [0.3, 0.4) is 0 Å². The first-order valence-corrected chi connectivity index (χ1v) is 39.2. The lowest BCUT2D eigenvalue weighted by molar-refractivity contribution is 0.443. The van der Waals surface area contributed by atoms with Crippen molar-refractivity contribution < 1.29 is 0 Å². The van der Waals surface area contributed by atoms with E-state index in [1.807, 2.05) is 0 Å². The molecule has 99 heavy (non-hydrogen) atoms. The maximum absolute atomic E-state index is 2.98. The van der Waals surface area contributed by atoms with Gasteiger partial charge in [0.1, 0.15) is 0 Å². The monoisotopic (exact) mass is 1290 g/mol. The zero-order valence-electron chi connectivity index (χ0n) is 58.4. The minimum atomic E-state index is 0.0151. The number of hydrogen-bond donors (Lipinski definition) is 0. The second-order valence-electron chi connectivity index (χ2n) is 31.0. The highest BCUT2D eigenvalue weighted by molar-refractivity contribution is 7.00. The molecule has 0 amide bonds. The summed E-state index contributed by atoms with van der Waals surface area (Å²) in [5.74, 6) is 1.76. The second-order valence-corrected chi connectivity index (χ2v) is 31.0. The summed E-state index contributed by atoms with van der Waals surface area (Å²) in [4.78, 5) is 5.94. The van der Waals surface area contributed by atoms with Crippen LogP contribution in [0.25, 0.3) is 27.8 Å². The number of anilines is 5. The van der Waals surface area contributed by atoms with Gasteiger partial charge < -0.3 is 9.80 Å². The molecule has 3 fully saturated rings. The van der Waals surface area contributed by atoms with Gasteiger partial charge in [-0.1, -0.05) is 252 Å². The molecule has 0 bridgehead atoms. The highest BCUT2D eigenvalue weighted by Crippen LogP contribution is 2.55. The summed E-state index contributed by atoms with van der Waals surface area (Å²) >= 11 is 0. The third kappa shape index (κ3) is 12.1. The Morgan fingerprint density at radius 2 is 0.939 bits per heavy atom. The number of benzene rings is 6. The van der Waals surface area contributed by atoms with Crippen LogP contribution in [0.1, 0.15) is 231 Å². The molecule has 12 aliphatic rings. The Hall–Kier alpha value is -8.66. The van der Waals surface area contributed by atoms with Crippen LogP contribution in [0.5, 0.6) is 0 Å². The van der Waals surface area contributed by atoms with Gasteiger partial charge >= 0.3 is 0 Å². The van der Waals surface area contributed by atoms with Gasteiger partial charge in [-0.05, 0) is 276 Å². The molecular weight excluding hydrogens is 1190 g/mol. The van der Waals surface area contributed by atoms with Crippen molar-refractivity contribution in [2.24, 2.45) is 5.92 Å². The lowest BCUT2D eigenvalue weighted by Gasteiger charge is -2.48. The van der Waals surface area contributed by atoms with E-state index in [-0.39, 0.29) is 12.6 Å². The SMILES string of the molecule is C1=CCCC(C2=CC(c3cccc(C4=CC(C5=CCCC=C5)=CCC4)c3N3c4cc(C5CCCCC5)ccc4B4c5ccc(C6CCCCC6)cc5N(C5=C(c6cccc(-c7ccccc7)c6)CCC=C5C5C=CC=C(C6=CC=CCC6)C5)c5cc(C6CCCCC6)cc3c54)=CCC2)=C1. The Labute approximate surface area is 591 Å². The van der Waals surface area contributed by atoms with Crippen molar-refractivity contribution in [3.05, 3.63) is 303 Å². The largest absolute Gasteiger partial charge is 0.311 e. The highest BCUT2D eigenvalue weighted by Gasteiger charge is 2.47. The van der Waals surface area contributed by atoms with Crippen molar-refractivity contribution in [1.29, 1.82) is 0 Å². The van der Waals surface area contributed by atoms with Crippen LogP contribution in [0.15, 0.2) is 269 Å². The summed E-state index contributed by atoms with van der Waals surface area (Å²) in [6.07, 6.45) is 75.1. The molecule has 2 aliphatic heterocycles. The van der Waals surface area contributed by atoms with Gasteiger partial charge in [-0.15, -0.1) is 0 Å². The topological polar surface area (TPSA) is 6.48 Å². The fourth-order valence-electron chi connectivity index (χ4n) is 20.0. The molecular formula is C96H97BN2. The summed E-state index contributed by atoms with van der Waals surface area (Å²) in [6, 6.07) is 50.2. The first-order valence-electron chi connectivity index (χ1n) is 39.2. The molecule has 494 valence electrons. The number of fused-ring (bicyclic) bond motifs is 4. The second kappa shape index (κ2) is 27.8. The summed E-state index contributed by atoms with van der Waals surface area (Å²) in [5.41, 5.74) is 38.6. The zero-order valence-corrected chi connectivity index (χ0v) is 58.4. The van der Waals surface area contributed by atoms with E-state index in [1.165, 1.54) is 247 Å². The molecule has 1 unspecified atom stereocenters. The Morgan fingerprint density at radius 3 is 1.63 bits per heavy atom. The molecule has 1 atom stereocenters. The Balaban J connectivity index is 0.939. The van der Waals surface area contributed by atoms with Crippen LogP contribution in [0.2, 0.25) is 0 Å². The summed E-state index contributed by atoms with van der Waals surface area (Å²) in [6.45, 7) is 0.0151. The number of para-hydroxylation sites is 1. The fraction of sp³-hybridized carbons (Fsp3) is 0.333. The van der Waals surface area contributed by atoms with Crippen LogP contribution in [0.4, 0.5) is 28.4 Å². The first kappa shape index (κ1) is 62.6. The molecule has 10 aliphatic carbocycles. The van der Waals surface area contributed by atoms with E-state index in [0.717, 1.165) is 83.5 Å². The van der Waals surface area contributed by atoms with Gasteiger partial charge in [-0.25, -0.2) is 0 Å². The number of rotatable bonds is 13.